The van der Waals surface area contributed by atoms with Gasteiger partial charge in [-0.25, -0.2) is 4.98 Å². The van der Waals surface area contributed by atoms with Crippen molar-refractivity contribution < 1.29 is 0 Å². The molecule has 0 unspecified atom stereocenters. The second kappa shape index (κ2) is 5.17. The zero-order chi connectivity index (χ0) is 13.2. The minimum Gasteiger partial charge on any atom is -0.312 e. The van der Waals surface area contributed by atoms with Crippen LogP contribution in [0.4, 0.5) is 0 Å². The summed E-state index contributed by atoms with van der Waals surface area (Å²) < 4.78 is 2.22. The second-order valence-electron chi connectivity index (χ2n) is 5.73. The number of nitrogens with one attached hydrogen (secondary N) is 1. The van der Waals surface area contributed by atoms with Gasteiger partial charge in [-0.05, 0) is 48.6 Å². The molecule has 0 fully saturated rings. The lowest BCUT2D eigenvalue weighted by Gasteiger charge is -2.19. The summed E-state index contributed by atoms with van der Waals surface area (Å²) in [5.41, 5.74) is 5.43. The molecule has 1 aliphatic rings. The van der Waals surface area contributed by atoms with Crippen molar-refractivity contribution in [3.05, 3.63) is 47.5 Å². The van der Waals surface area contributed by atoms with Crippen molar-refractivity contribution in [2.45, 2.75) is 33.2 Å². The highest BCUT2D eigenvalue weighted by atomic mass is 15.0. The van der Waals surface area contributed by atoms with E-state index in [4.69, 9.17) is 0 Å². The Kier molecular flexibility index (Phi) is 3.38. The molecule has 0 spiro atoms. The van der Waals surface area contributed by atoms with Crippen molar-refractivity contribution in [2.75, 3.05) is 6.54 Å². The highest BCUT2D eigenvalue weighted by molar-refractivity contribution is 5.42. The molecule has 2 aromatic rings. The fraction of sp³-hybridized carbons (Fsp3) is 0.438. The molecule has 1 aromatic heterocycles. The summed E-state index contributed by atoms with van der Waals surface area (Å²) in [5.74, 6) is 0.648. The number of imidazole rings is 1. The number of hydrogen-bond donors (Lipinski definition) is 1. The third kappa shape index (κ3) is 2.56. The quantitative estimate of drug-likeness (QED) is 0.914. The predicted molar refractivity (Wildman–Crippen MR) is 77.5 cm³/mol. The molecule has 19 heavy (non-hydrogen) atoms. The Morgan fingerprint density at radius 2 is 2.21 bits per heavy atom. The van der Waals surface area contributed by atoms with E-state index < -0.39 is 0 Å². The minimum atomic E-state index is 0.648. The maximum atomic E-state index is 4.31. The van der Waals surface area contributed by atoms with Crippen LogP contribution in [-0.4, -0.2) is 16.1 Å². The van der Waals surface area contributed by atoms with Gasteiger partial charge in [0.25, 0.3) is 0 Å². The molecule has 2 heterocycles. The summed E-state index contributed by atoms with van der Waals surface area (Å²) in [6.45, 7) is 6.57. The van der Waals surface area contributed by atoms with Gasteiger partial charge >= 0.3 is 0 Å². The molecule has 0 bridgehead atoms. The lowest BCUT2D eigenvalue weighted by molar-refractivity contribution is 0.625. The molecule has 0 atom stereocenters. The molecular formula is C16H21N3. The van der Waals surface area contributed by atoms with Crippen molar-refractivity contribution in [3.8, 4) is 5.69 Å². The van der Waals surface area contributed by atoms with Crippen LogP contribution in [-0.2, 0) is 19.4 Å². The summed E-state index contributed by atoms with van der Waals surface area (Å²) in [6.07, 6.45) is 6.11. The zero-order valence-corrected chi connectivity index (χ0v) is 11.7. The Hall–Kier alpha value is -1.61. The van der Waals surface area contributed by atoms with Crippen LogP contribution in [0.3, 0.4) is 0 Å². The van der Waals surface area contributed by atoms with Crippen LogP contribution in [0.1, 0.15) is 30.7 Å². The molecule has 3 heteroatoms. The van der Waals surface area contributed by atoms with Gasteiger partial charge < -0.3 is 9.88 Å². The van der Waals surface area contributed by atoms with E-state index >= 15 is 0 Å². The maximum Gasteiger partial charge on any atom is 0.0994 e. The molecule has 1 aliphatic heterocycles. The Balaban J connectivity index is 1.96. The van der Waals surface area contributed by atoms with Crippen LogP contribution in [0.2, 0.25) is 0 Å². The molecule has 1 N–H and O–H groups in total. The normalized spacial score (nSPS) is 14.7. The van der Waals surface area contributed by atoms with Gasteiger partial charge in [0.2, 0.25) is 0 Å². The smallest absolute Gasteiger partial charge is 0.0994 e. The predicted octanol–water partition coefficient (Wildman–Crippen LogP) is 2.72. The number of aromatic nitrogens is 2. The summed E-state index contributed by atoms with van der Waals surface area (Å²) in [4.78, 5) is 4.31. The number of nitrogens with zero attached hydrogens (tertiary/aromatic N) is 2. The van der Waals surface area contributed by atoms with E-state index in [2.05, 4.69) is 46.9 Å². The molecule has 0 amide bonds. The molecule has 0 saturated carbocycles. The highest BCUT2D eigenvalue weighted by Gasteiger charge is 2.11. The lowest BCUT2D eigenvalue weighted by atomic mass is 10.0. The van der Waals surface area contributed by atoms with Gasteiger partial charge in [0, 0.05) is 24.1 Å². The lowest BCUT2D eigenvalue weighted by Crippen LogP contribution is -2.23. The summed E-state index contributed by atoms with van der Waals surface area (Å²) >= 11 is 0. The Bertz CT molecular complexity index is 569. The van der Waals surface area contributed by atoms with Gasteiger partial charge in [0.1, 0.15) is 0 Å². The van der Waals surface area contributed by atoms with Gasteiger partial charge in [0.05, 0.1) is 6.33 Å². The van der Waals surface area contributed by atoms with E-state index in [9.17, 15) is 0 Å². The van der Waals surface area contributed by atoms with Crippen molar-refractivity contribution in [3.63, 3.8) is 0 Å². The van der Waals surface area contributed by atoms with Gasteiger partial charge in [0.15, 0.2) is 0 Å². The first kappa shape index (κ1) is 12.4. The van der Waals surface area contributed by atoms with E-state index in [1.807, 2.05) is 12.5 Å². The summed E-state index contributed by atoms with van der Waals surface area (Å²) in [5, 5.41) is 3.44. The van der Waals surface area contributed by atoms with Crippen LogP contribution >= 0.6 is 0 Å². The fourth-order valence-corrected chi connectivity index (χ4v) is 2.74. The Morgan fingerprint density at radius 3 is 3.05 bits per heavy atom. The van der Waals surface area contributed by atoms with E-state index in [0.29, 0.717) is 5.92 Å². The fourth-order valence-electron chi connectivity index (χ4n) is 2.74. The molecule has 0 saturated heterocycles. The van der Waals surface area contributed by atoms with Crippen LogP contribution in [0.15, 0.2) is 30.7 Å². The Morgan fingerprint density at radius 1 is 1.32 bits per heavy atom. The first-order chi connectivity index (χ1) is 9.24. The van der Waals surface area contributed by atoms with Crippen molar-refractivity contribution in [1.82, 2.24) is 14.9 Å². The van der Waals surface area contributed by atoms with Crippen LogP contribution in [0.5, 0.6) is 0 Å². The van der Waals surface area contributed by atoms with Crippen molar-refractivity contribution >= 4 is 0 Å². The number of hydrogen-bond acceptors (Lipinski definition) is 2. The maximum absolute atomic E-state index is 4.31. The van der Waals surface area contributed by atoms with E-state index in [1.165, 1.54) is 22.5 Å². The molecule has 3 nitrogen and oxygen atoms in total. The highest BCUT2D eigenvalue weighted by Crippen LogP contribution is 2.20. The molecule has 100 valence electrons. The largest absolute Gasteiger partial charge is 0.312 e. The SMILES string of the molecule is CC(C)Cc1cncn1-c1ccc2c(c1)CNCC2. The number of rotatable bonds is 3. The molecule has 1 aromatic carbocycles. The third-order valence-corrected chi connectivity index (χ3v) is 3.69. The average Bonchev–Trinajstić information content (AvgIpc) is 2.85. The first-order valence-corrected chi connectivity index (χ1v) is 7.08. The third-order valence-electron chi connectivity index (χ3n) is 3.69. The topological polar surface area (TPSA) is 29.9 Å². The summed E-state index contributed by atoms with van der Waals surface area (Å²) in [7, 11) is 0. The second-order valence-corrected chi connectivity index (χ2v) is 5.73. The first-order valence-electron chi connectivity index (χ1n) is 7.08. The van der Waals surface area contributed by atoms with Gasteiger partial charge in [-0.3, -0.25) is 0 Å². The van der Waals surface area contributed by atoms with E-state index in [0.717, 1.165) is 25.9 Å². The van der Waals surface area contributed by atoms with E-state index in [-0.39, 0.29) is 0 Å². The van der Waals surface area contributed by atoms with Crippen LogP contribution in [0, 0.1) is 5.92 Å². The monoisotopic (exact) mass is 255 g/mol. The number of benzene rings is 1. The van der Waals surface area contributed by atoms with Crippen LogP contribution in [0.25, 0.3) is 5.69 Å². The molecular weight excluding hydrogens is 234 g/mol. The zero-order valence-electron chi connectivity index (χ0n) is 11.7. The summed E-state index contributed by atoms with van der Waals surface area (Å²) in [6, 6.07) is 6.79. The van der Waals surface area contributed by atoms with Gasteiger partial charge in [-0.15, -0.1) is 0 Å². The Labute approximate surface area is 114 Å². The number of fused-ring (bicyclic) bond motifs is 1. The minimum absolute atomic E-state index is 0.648. The molecule has 0 aliphatic carbocycles. The van der Waals surface area contributed by atoms with Crippen LogP contribution < -0.4 is 5.32 Å². The van der Waals surface area contributed by atoms with Crippen molar-refractivity contribution in [1.29, 1.82) is 0 Å². The molecule has 3 rings (SSSR count). The van der Waals surface area contributed by atoms with Gasteiger partial charge in [-0.2, -0.15) is 0 Å². The van der Waals surface area contributed by atoms with Gasteiger partial charge in [-0.1, -0.05) is 19.9 Å². The van der Waals surface area contributed by atoms with E-state index in [1.54, 1.807) is 0 Å². The standard InChI is InChI=1S/C16H21N3/c1-12(2)7-16-10-18-11-19(16)15-4-3-13-5-6-17-9-14(13)8-15/h3-4,8,10-12,17H,5-7,9H2,1-2H3. The molecule has 0 radical (unpaired) electrons. The van der Waals surface area contributed by atoms with Crippen molar-refractivity contribution in [2.24, 2.45) is 5.92 Å². The average molecular weight is 255 g/mol.